The van der Waals surface area contributed by atoms with Gasteiger partial charge in [-0.2, -0.15) is 0 Å². The van der Waals surface area contributed by atoms with Crippen LogP contribution in [0.3, 0.4) is 0 Å². The Morgan fingerprint density at radius 1 is 1.19 bits per heavy atom. The molecule has 26 heavy (non-hydrogen) atoms. The van der Waals surface area contributed by atoms with E-state index in [1.807, 2.05) is 7.05 Å². The second kappa shape index (κ2) is 11.1. The molecule has 3 rings (SSSR count). The lowest BCUT2D eigenvalue weighted by Gasteiger charge is -2.29. The van der Waals surface area contributed by atoms with Crippen LogP contribution in [0.15, 0.2) is 29.3 Å². The number of guanidine groups is 1. The van der Waals surface area contributed by atoms with E-state index in [0.717, 1.165) is 64.2 Å². The highest BCUT2D eigenvalue weighted by Gasteiger charge is 2.26. The topological polar surface area (TPSA) is 40.1 Å². The van der Waals surface area contributed by atoms with E-state index in [4.69, 9.17) is 4.74 Å². The summed E-state index contributed by atoms with van der Waals surface area (Å²) in [6, 6.07) is 8.80. The highest BCUT2D eigenvalue weighted by Crippen LogP contribution is 2.18. The zero-order valence-electron chi connectivity index (χ0n) is 16.1. The smallest absolute Gasteiger partial charge is 0.193 e. The number of hydrogen-bond donors (Lipinski definition) is 1. The van der Waals surface area contributed by atoms with Crippen molar-refractivity contribution < 1.29 is 4.74 Å². The fourth-order valence-electron chi connectivity index (χ4n) is 3.73. The molecule has 2 saturated heterocycles. The Morgan fingerprint density at radius 3 is 2.62 bits per heavy atom. The van der Waals surface area contributed by atoms with Crippen molar-refractivity contribution in [2.45, 2.75) is 19.8 Å². The van der Waals surface area contributed by atoms with Crippen molar-refractivity contribution in [2.75, 3.05) is 59.5 Å². The molecule has 0 amide bonds. The third-order valence-electron chi connectivity index (χ3n) is 5.23. The van der Waals surface area contributed by atoms with Crippen molar-refractivity contribution in [2.24, 2.45) is 10.9 Å². The first-order valence-corrected chi connectivity index (χ1v) is 9.56. The van der Waals surface area contributed by atoms with Gasteiger partial charge >= 0.3 is 0 Å². The molecule has 2 fully saturated rings. The summed E-state index contributed by atoms with van der Waals surface area (Å²) in [6.07, 6.45) is 2.29. The molecule has 2 aliphatic rings. The molecule has 0 saturated carbocycles. The molecule has 2 aliphatic heterocycles. The van der Waals surface area contributed by atoms with Gasteiger partial charge in [0.05, 0.1) is 13.2 Å². The SMILES string of the molecule is CN=C(NCCc1ccc(C)cc1)N1CCC(CN2CCOCC2)C1.I. The summed E-state index contributed by atoms with van der Waals surface area (Å²) < 4.78 is 5.45. The quantitative estimate of drug-likeness (QED) is 0.406. The molecule has 0 spiro atoms. The molecule has 2 heterocycles. The van der Waals surface area contributed by atoms with Gasteiger partial charge in [0.2, 0.25) is 0 Å². The van der Waals surface area contributed by atoms with Gasteiger partial charge in [0.1, 0.15) is 0 Å². The molecule has 0 aromatic heterocycles. The van der Waals surface area contributed by atoms with Crippen LogP contribution in [-0.4, -0.2) is 75.3 Å². The predicted octanol–water partition coefficient (Wildman–Crippen LogP) is 2.39. The van der Waals surface area contributed by atoms with Crippen molar-refractivity contribution in [3.8, 4) is 0 Å². The normalized spacial score (nSPS) is 21.5. The largest absolute Gasteiger partial charge is 0.379 e. The average molecular weight is 472 g/mol. The molecule has 1 atom stereocenters. The Bertz CT molecular complexity index is 557. The monoisotopic (exact) mass is 472 g/mol. The fraction of sp³-hybridized carbons (Fsp3) is 0.650. The summed E-state index contributed by atoms with van der Waals surface area (Å²) in [4.78, 5) is 9.46. The summed E-state index contributed by atoms with van der Waals surface area (Å²) >= 11 is 0. The van der Waals surface area contributed by atoms with Crippen LogP contribution in [-0.2, 0) is 11.2 Å². The van der Waals surface area contributed by atoms with Crippen LogP contribution in [0.25, 0.3) is 0 Å². The summed E-state index contributed by atoms with van der Waals surface area (Å²) in [5, 5.41) is 3.54. The first kappa shape index (κ1) is 21.4. The van der Waals surface area contributed by atoms with Crippen LogP contribution < -0.4 is 5.32 Å². The van der Waals surface area contributed by atoms with Crippen LogP contribution in [0.2, 0.25) is 0 Å². The number of ether oxygens (including phenoxy) is 1. The van der Waals surface area contributed by atoms with Gasteiger partial charge < -0.3 is 15.0 Å². The third kappa shape index (κ3) is 6.39. The number of halogens is 1. The molecule has 5 nitrogen and oxygen atoms in total. The summed E-state index contributed by atoms with van der Waals surface area (Å²) in [5.41, 5.74) is 2.69. The number of nitrogens with one attached hydrogen (secondary N) is 1. The predicted molar refractivity (Wildman–Crippen MR) is 119 cm³/mol. The molecule has 1 aromatic rings. The maximum atomic E-state index is 5.45. The van der Waals surface area contributed by atoms with Crippen LogP contribution in [0.1, 0.15) is 17.5 Å². The fourth-order valence-corrected chi connectivity index (χ4v) is 3.73. The van der Waals surface area contributed by atoms with Gasteiger partial charge in [-0.25, -0.2) is 0 Å². The molecule has 0 bridgehead atoms. The molecule has 146 valence electrons. The Balaban J connectivity index is 0.00000243. The van der Waals surface area contributed by atoms with E-state index in [1.165, 1.54) is 24.1 Å². The lowest BCUT2D eigenvalue weighted by molar-refractivity contribution is 0.0315. The van der Waals surface area contributed by atoms with Gasteiger partial charge in [-0.3, -0.25) is 9.89 Å². The highest BCUT2D eigenvalue weighted by atomic mass is 127. The minimum Gasteiger partial charge on any atom is -0.379 e. The van der Waals surface area contributed by atoms with E-state index in [0.29, 0.717) is 0 Å². The molecule has 0 radical (unpaired) electrons. The second-order valence-electron chi connectivity index (χ2n) is 7.22. The van der Waals surface area contributed by atoms with Gasteiger partial charge in [0.25, 0.3) is 0 Å². The highest BCUT2D eigenvalue weighted by molar-refractivity contribution is 14.0. The Morgan fingerprint density at radius 2 is 1.92 bits per heavy atom. The molecule has 1 N–H and O–H groups in total. The van der Waals surface area contributed by atoms with E-state index in [2.05, 4.69) is 51.3 Å². The minimum absolute atomic E-state index is 0. The first-order chi connectivity index (χ1) is 12.2. The zero-order chi connectivity index (χ0) is 17.5. The summed E-state index contributed by atoms with van der Waals surface area (Å²) in [7, 11) is 1.89. The number of likely N-dealkylation sites (tertiary alicyclic amines) is 1. The maximum absolute atomic E-state index is 5.45. The maximum Gasteiger partial charge on any atom is 0.193 e. The molecule has 1 aromatic carbocycles. The number of rotatable bonds is 5. The van der Waals surface area contributed by atoms with E-state index < -0.39 is 0 Å². The molecular weight excluding hydrogens is 439 g/mol. The van der Waals surface area contributed by atoms with Crippen molar-refractivity contribution in [3.63, 3.8) is 0 Å². The van der Waals surface area contributed by atoms with E-state index in [1.54, 1.807) is 0 Å². The van der Waals surface area contributed by atoms with Crippen molar-refractivity contribution in [3.05, 3.63) is 35.4 Å². The lowest BCUT2D eigenvalue weighted by Crippen LogP contribution is -2.42. The Hall–Kier alpha value is -0.860. The van der Waals surface area contributed by atoms with Crippen LogP contribution in [0, 0.1) is 12.8 Å². The van der Waals surface area contributed by atoms with Crippen LogP contribution in [0.5, 0.6) is 0 Å². The number of hydrogen-bond acceptors (Lipinski definition) is 3. The lowest BCUT2D eigenvalue weighted by atomic mass is 10.1. The molecular formula is C20H33IN4O. The summed E-state index contributed by atoms with van der Waals surface area (Å²) in [6.45, 7) is 10.4. The molecule has 0 aliphatic carbocycles. The van der Waals surface area contributed by atoms with E-state index in [-0.39, 0.29) is 24.0 Å². The Labute approximate surface area is 175 Å². The van der Waals surface area contributed by atoms with Crippen LogP contribution >= 0.6 is 24.0 Å². The van der Waals surface area contributed by atoms with Gasteiger partial charge in [-0.05, 0) is 31.2 Å². The second-order valence-corrected chi connectivity index (χ2v) is 7.22. The number of morpholine rings is 1. The zero-order valence-corrected chi connectivity index (χ0v) is 18.4. The minimum atomic E-state index is 0. The van der Waals surface area contributed by atoms with Gasteiger partial charge in [0.15, 0.2) is 5.96 Å². The van der Waals surface area contributed by atoms with Crippen molar-refractivity contribution in [1.29, 1.82) is 0 Å². The number of benzene rings is 1. The van der Waals surface area contributed by atoms with Gasteiger partial charge in [-0.1, -0.05) is 29.8 Å². The van der Waals surface area contributed by atoms with Crippen LogP contribution in [0.4, 0.5) is 0 Å². The average Bonchev–Trinajstić information content (AvgIpc) is 3.09. The van der Waals surface area contributed by atoms with E-state index >= 15 is 0 Å². The number of aryl methyl sites for hydroxylation is 1. The third-order valence-corrected chi connectivity index (χ3v) is 5.23. The van der Waals surface area contributed by atoms with Gasteiger partial charge in [-0.15, -0.1) is 24.0 Å². The number of aliphatic imine (C=N–C) groups is 1. The van der Waals surface area contributed by atoms with E-state index in [9.17, 15) is 0 Å². The molecule has 6 heteroatoms. The summed E-state index contributed by atoms with van der Waals surface area (Å²) in [5.74, 6) is 1.80. The van der Waals surface area contributed by atoms with Crippen molar-refractivity contribution >= 4 is 29.9 Å². The molecule has 1 unspecified atom stereocenters. The van der Waals surface area contributed by atoms with Gasteiger partial charge in [0, 0.05) is 46.3 Å². The van der Waals surface area contributed by atoms with Crippen molar-refractivity contribution in [1.82, 2.24) is 15.1 Å². The first-order valence-electron chi connectivity index (χ1n) is 9.56. The number of nitrogens with zero attached hydrogens (tertiary/aromatic N) is 3. The standard InChI is InChI=1S/C20H32N4O.HI/c1-17-3-5-18(6-4-17)7-9-22-20(21-2)24-10-8-19(16-24)15-23-11-13-25-14-12-23;/h3-6,19H,7-16H2,1-2H3,(H,21,22);1H. The Kier molecular flexibility index (Phi) is 9.15.